The maximum Gasteiger partial charge on any atom is 0.424 e. The highest BCUT2D eigenvalue weighted by Crippen LogP contribution is 2.47. The maximum absolute atomic E-state index is 13.9. The van der Waals surface area contributed by atoms with Gasteiger partial charge in [-0.3, -0.25) is 9.59 Å². The molecule has 0 atom stereocenters. The van der Waals surface area contributed by atoms with Crippen molar-refractivity contribution < 1.29 is 28.7 Å². The zero-order valence-electron chi connectivity index (χ0n) is 29.0. The van der Waals surface area contributed by atoms with Gasteiger partial charge in [-0.05, 0) is 30.2 Å². The highest BCUT2D eigenvalue weighted by molar-refractivity contribution is 7.32. The van der Waals surface area contributed by atoms with Crippen LogP contribution >= 0.6 is 34.4 Å². The van der Waals surface area contributed by atoms with Gasteiger partial charge in [0.15, 0.2) is 5.82 Å². The Balaban J connectivity index is 1.10. The number of benzene rings is 3. The number of imide groups is 3. The first kappa shape index (κ1) is 34.8. The Labute approximate surface area is 328 Å². The summed E-state index contributed by atoms with van der Waals surface area (Å²) in [6.07, 6.45) is -0.214. The summed E-state index contributed by atoms with van der Waals surface area (Å²) < 4.78 is 24.6. The number of carbonyl (C=O) groups excluding carboxylic acids is 4. The van der Waals surface area contributed by atoms with Crippen molar-refractivity contribution >= 4 is 111 Å². The molecule has 3 amide bonds. The number of aromatic nitrogens is 4. The van der Waals surface area contributed by atoms with Crippen LogP contribution in [0.15, 0.2) is 113 Å². The Morgan fingerprint density at radius 3 is 2.20 bits per heavy atom. The molecule has 5 aromatic heterocycles. The molecule has 272 valence electrons. The molecule has 3 aromatic carbocycles. The lowest BCUT2D eigenvalue weighted by atomic mass is 9.99. The molecule has 0 unspecified atom stereocenters. The number of nitrogens with zero attached hydrogens (tertiary/aromatic N) is 7. The lowest BCUT2D eigenvalue weighted by Gasteiger charge is -2.24. The van der Waals surface area contributed by atoms with Crippen LogP contribution in [-0.4, -0.2) is 52.9 Å². The van der Waals surface area contributed by atoms with Crippen molar-refractivity contribution in [1.82, 2.24) is 23.2 Å². The average Bonchev–Trinajstić information content (AvgIpc) is 4.01. The van der Waals surface area contributed by atoms with Crippen molar-refractivity contribution in [2.24, 2.45) is 4.99 Å². The molecular formula is C40H23N7O6S3. The molecule has 0 saturated heterocycles. The first-order valence-corrected chi connectivity index (χ1v) is 19.3. The summed E-state index contributed by atoms with van der Waals surface area (Å²) in [6, 6.07) is 29.8. The molecule has 0 bridgehead atoms. The van der Waals surface area contributed by atoms with Crippen LogP contribution in [0.5, 0.6) is 0 Å². The Bertz CT molecular complexity index is 3050. The number of nitriles is 1. The fourth-order valence-corrected chi connectivity index (χ4v) is 9.47. The van der Waals surface area contributed by atoms with Crippen LogP contribution in [0, 0.1) is 11.3 Å². The van der Waals surface area contributed by atoms with Gasteiger partial charge in [-0.25, -0.2) is 24.1 Å². The molecule has 0 radical (unpaired) electrons. The molecule has 13 nitrogen and oxygen atoms in total. The molecule has 0 fully saturated rings. The van der Waals surface area contributed by atoms with E-state index in [-0.39, 0.29) is 40.7 Å². The second-order valence-electron chi connectivity index (χ2n) is 12.5. The number of pyridine rings is 1. The summed E-state index contributed by atoms with van der Waals surface area (Å²) in [6.45, 7) is 1.30. The second kappa shape index (κ2) is 14.0. The summed E-state index contributed by atoms with van der Waals surface area (Å²) in [5.41, 5.74) is 3.42. The van der Waals surface area contributed by atoms with Gasteiger partial charge in [0.1, 0.15) is 41.6 Å². The standard InChI is InChI=1S/C40H23N7O6S3/c1-21-25(17-41)37(48)47(40(51)53-20-23-12-6-3-7-13-23)38(49)30(21)43-36-32-31(44-56-45-32)26(18-42-36)29-16-27-34(55-29)35-33(24-14-8-9-15-28(24)54-35)46(27)39(50)52-19-22-10-4-2-5-11-22/h2-16,18H,19-20H2,1H3. The first-order valence-electron chi connectivity index (χ1n) is 16.9. The second-order valence-corrected chi connectivity index (χ2v) is 15.1. The van der Waals surface area contributed by atoms with Crippen LogP contribution in [0.2, 0.25) is 0 Å². The summed E-state index contributed by atoms with van der Waals surface area (Å²) in [4.78, 5) is 63.9. The van der Waals surface area contributed by atoms with Gasteiger partial charge < -0.3 is 9.47 Å². The molecule has 6 heterocycles. The lowest BCUT2D eigenvalue weighted by Crippen LogP contribution is -2.50. The molecule has 56 heavy (non-hydrogen) atoms. The molecule has 1 aliphatic heterocycles. The summed E-state index contributed by atoms with van der Waals surface area (Å²) in [5.74, 6) is -2.19. The van der Waals surface area contributed by atoms with Crippen molar-refractivity contribution in [3.05, 3.63) is 119 Å². The fraction of sp³-hybridized carbons (Fsp3) is 0.0750. The Morgan fingerprint density at radius 2 is 1.48 bits per heavy atom. The van der Waals surface area contributed by atoms with Crippen molar-refractivity contribution in [2.45, 2.75) is 20.1 Å². The minimum Gasteiger partial charge on any atom is -0.444 e. The van der Waals surface area contributed by atoms with E-state index in [0.717, 1.165) is 47.2 Å². The molecule has 0 spiro atoms. The van der Waals surface area contributed by atoms with Crippen LogP contribution in [0.1, 0.15) is 18.1 Å². The average molecular weight is 794 g/mol. The van der Waals surface area contributed by atoms with E-state index in [1.54, 1.807) is 58.5 Å². The van der Waals surface area contributed by atoms with E-state index < -0.39 is 29.6 Å². The van der Waals surface area contributed by atoms with Crippen molar-refractivity contribution in [3.8, 4) is 16.5 Å². The zero-order valence-corrected chi connectivity index (χ0v) is 31.4. The zero-order chi connectivity index (χ0) is 38.5. The molecule has 16 heteroatoms. The van der Waals surface area contributed by atoms with Crippen molar-refractivity contribution in [1.29, 1.82) is 5.26 Å². The minimum atomic E-state index is -1.24. The smallest absolute Gasteiger partial charge is 0.424 e. The first-order chi connectivity index (χ1) is 27.3. The predicted molar refractivity (Wildman–Crippen MR) is 213 cm³/mol. The van der Waals surface area contributed by atoms with Crippen LogP contribution in [-0.2, 0) is 32.3 Å². The SMILES string of the molecule is CC1=C(C#N)C(=O)N(C(=O)OCc2ccccc2)C(=O)C1=Nc1ncc(-c2cc3c(s2)c2sc4ccccc4c2n3C(=O)OCc2ccccc2)c2nsnc12. The number of carbonyl (C=O) groups is 4. The Hall–Kier alpha value is -6.93. The quantitative estimate of drug-likeness (QED) is 0.148. The van der Waals surface area contributed by atoms with Crippen LogP contribution in [0.25, 0.3) is 52.0 Å². The van der Waals surface area contributed by atoms with E-state index in [9.17, 15) is 24.4 Å². The van der Waals surface area contributed by atoms with Gasteiger partial charge in [0.25, 0.3) is 11.8 Å². The number of amides is 3. The van der Waals surface area contributed by atoms with Crippen LogP contribution in [0.4, 0.5) is 15.4 Å². The van der Waals surface area contributed by atoms with Crippen LogP contribution < -0.4 is 0 Å². The van der Waals surface area contributed by atoms with E-state index in [0.29, 0.717) is 22.2 Å². The molecule has 0 aliphatic carbocycles. The number of hydrogen-bond acceptors (Lipinski definition) is 14. The number of hydrogen-bond donors (Lipinski definition) is 0. The van der Waals surface area contributed by atoms with E-state index in [1.807, 2.05) is 60.7 Å². The molecule has 9 rings (SSSR count). The normalized spacial score (nSPS) is 14.1. The third kappa shape index (κ3) is 5.82. The molecular weight excluding hydrogens is 771 g/mol. The number of aliphatic imine (C=N–C) groups is 1. The largest absolute Gasteiger partial charge is 0.444 e. The third-order valence-corrected chi connectivity index (χ3v) is 12.2. The molecule has 1 aliphatic rings. The van der Waals surface area contributed by atoms with Gasteiger partial charge in [-0.15, -0.1) is 22.7 Å². The van der Waals surface area contributed by atoms with Gasteiger partial charge in [0.2, 0.25) is 0 Å². The monoisotopic (exact) mass is 793 g/mol. The predicted octanol–water partition coefficient (Wildman–Crippen LogP) is 8.94. The highest BCUT2D eigenvalue weighted by atomic mass is 32.1. The van der Waals surface area contributed by atoms with Crippen LogP contribution in [0.3, 0.4) is 0 Å². The molecule has 0 saturated carbocycles. The summed E-state index contributed by atoms with van der Waals surface area (Å²) in [5, 5.41) is 10.8. The Kier molecular flexibility index (Phi) is 8.73. The minimum absolute atomic E-state index is 0.00792. The van der Waals surface area contributed by atoms with Crippen molar-refractivity contribution in [2.75, 3.05) is 0 Å². The van der Waals surface area contributed by atoms with Gasteiger partial charge in [0, 0.05) is 32.3 Å². The van der Waals surface area contributed by atoms with Gasteiger partial charge in [-0.1, -0.05) is 78.9 Å². The van der Waals surface area contributed by atoms with Crippen molar-refractivity contribution in [3.63, 3.8) is 0 Å². The highest BCUT2D eigenvalue weighted by Gasteiger charge is 2.42. The Morgan fingerprint density at radius 1 is 0.821 bits per heavy atom. The van der Waals surface area contributed by atoms with E-state index in [2.05, 4.69) is 18.7 Å². The number of thiophene rings is 2. The number of ether oxygens (including phenoxy) is 2. The summed E-state index contributed by atoms with van der Waals surface area (Å²) >= 11 is 3.97. The topological polar surface area (TPSA) is 170 Å². The summed E-state index contributed by atoms with van der Waals surface area (Å²) in [7, 11) is 0. The lowest BCUT2D eigenvalue weighted by molar-refractivity contribution is -0.136. The van der Waals surface area contributed by atoms with E-state index in [4.69, 9.17) is 9.47 Å². The van der Waals surface area contributed by atoms with E-state index >= 15 is 0 Å². The molecule has 0 N–H and O–H groups in total. The third-order valence-electron chi connectivity index (χ3n) is 9.15. The van der Waals surface area contributed by atoms with Gasteiger partial charge >= 0.3 is 12.2 Å². The molecule has 8 aromatic rings. The van der Waals surface area contributed by atoms with Gasteiger partial charge in [0.05, 0.1) is 32.2 Å². The number of rotatable bonds is 6. The van der Waals surface area contributed by atoms with Gasteiger partial charge in [-0.2, -0.15) is 18.9 Å². The number of fused-ring (bicyclic) bond motifs is 6. The van der Waals surface area contributed by atoms with E-state index in [1.165, 1.54) is 18.3 Å². The fourth-order valence-electron chi connectivity index (χ4n) is 6.43. The maximum atomic E-state index is 13.9.